The van der Waals surface area contributed by atoms with Crippen LogP contribution in [0.4, 0.5) is 0 Å². The zero-order valence-corrected chi connectivity index (χ0v) is 15.8. The van der Waals surface area contributed by atoms with Gasteiger partial charge in [0.25, 0.3) is 0 Å². The monoisotopic (exact) mass is 389 g/mol. The average molecular weight is 390 g/mol. The minimum absolute atomic E-state index is 0.103. The first-order valence-electron chi connectivity index (χ1n) is 8.87. The summed E-state index contributed by atoms with van der Waals surface area (Å²) in [6, 6.07) is 6.73. The number of carbonyl (C=O) groups is 3. The maximum atomic E-state index is 12.9. The van der Waals surface area contributed by atoms with Crippen LogP contribution in [-0.2, 0) is 23.9 Å². The highest BCUT2D eigenvalue weighted by molar-refractivity contribution is 6.30. The van der Waals surface area contributed by atoms with Crippen LogP contribution in [0.15, 0.2) is 36.4 Å². The number of hydrogen-bond acceptors (Lipinski definition) is 6. The predicted octanol–water partition coefficient (Wildman–Crippen LogP) is 2.36. The minimum Gasteiger partial charge on any atom is -0.468 e. The molecule has 2 saturated heterocycles. The molecule has 1 aliphatic carbocycles. The standard InChI is InChI=1S/C20H20ClNO5/c1-19(18(25)26-2)17-15(16(22-19)11-3-5-12(21)6-4-11)13(23)7-9-20(17)10-8-14(24)27-20/h3-7,9,15-17,22H,8,10H2,1-2H3/t15-,16+,17-,19+,20+/m0/s1. The predicted molar refractivity (Wildman–Crippen MR) is 96.9 cm³/mol. The van der Waals surface area contributed by atoms with Crippen molar-refractivity contribution in [1.82, 2.24) is 5.32 Å². The van der Waals surface area contributed by atoms with Gasteiger partial charge in [-0.3, -0.25) is 19.7 Å². The van der Waals surface area contributed by atoms with Crippen molar-refractivity contribution in [2.24, 2.45) is 11.8 Å². The van der Waals surface area contributed by atoms with Gasteiger partial charge in [0.05, 0.1) is 13.0 Å². The number of carbonyl (C=O) groups excluding carboxylic acids is 3. The minimum atomic E-state index is -1.19. The lowest BCUT2D eigenvalue weighted by Crippen LogP contribution is -2.59. The highest BCUT2D eigenvalue weighted by Crippen LogP contribution is 2.55. The number of methoxy groups -OCH3 is 1. The molecule has 3 aliphatic rings. The maximum Gasteiger partial charge on any atom is 0.326 e. The van der Waals surface area contributed by atoms with E-state index in [2.05, 4.69) is 5.32 Å². The van der Waals surface area contributed by atoms with E-state index in [1.807, 2.05) is 12.1 Å². The van der Waals surface area contributed by atoms with Crippen molar-refractivity contribution in [2.45, 2.75) is 36.9 Å². The van der Waals surface area contributed by atoms with E-state index in [-0.39, 0.29) is 18.2 Å². The number of esters is 2. The second-order valence-electron chi connectivity index (χ2n) is 7.54. The summed E-state index contributed by atoms with van der Waals surface area (Å²) in [5.41, 5.74) is -1.34. The van der Waals surface area contributed by atoms with Gasteiger partial charge in [-0.25, -0.2) is 0 Å². The molecule has 7 heteroatoms. The zero-order chi connectivity index (χ0) is 19.4. The number of nitrogens with one attached hydrogen (secondary N) is 1. The number of halogens is 1. The van der Waals surface area contributed by atoms with Gasteiger partial charge in [0.15, 0.2) is 5.78 Å². The number of benzene rings is 1. The molecule has 0 radical (unpaired) electrons. The summed E-state index contributed by atoms with van der Waals surface area (Å²) in [7, 11) is 1.31. The number of fused-ring (bicyclic) bond motifs is 2. The Morgan fingerprint density at radius 3 is 2.59 bits per heavy atom. The Bertz CT molecular complexity index is 850. The number of allylic oxidation sites excluding steroid dienone is 1. The molecule has 0 unspecified atom stereocenters. The normalized spacial score (nSPS) is 37.4. The molecule has 0 bridgehead atoms. The number of rotatable bonds is 2. The molecule has 1 aromatic rings. The van der Waals surface area contributed by atoms with Crippen LogP contribution in [-0.4, -0.2) is 36.0 Å². The van der Waals surface area contributed by atoms with Crippen molar-refractivity contribution in [3.63, 3.8) is 0 Å². The van der Waals surface area contributed by atoms with Crippen molar-refractivity contribution in [3.8, 4) is 0 Å². The van der Waals surface area contributed by atoms with E-state index in [0.717, 1.165) is 5.56 Å². The van der Waals surface area contributed by atoms with Gasteiger partial charge in [0.1, 0.15) is 11.1 Å². The smallest absolute Gasteiger partial charge is 0.326 e. The molecule has 27 heavy (non-hydrogen) atoms. The summed E-state index contributed by atoms with van der Waals surface area (Å²) in [4.78, 5) is 37.6. The molecule has 2 fully saturated rings. The van der Waals surface area contributed by atoms with Crippen LogP contribution in [0.3, 0.4) is 0 Å². The molecule has 0 saturated carbocycles. The third-order valence-electron chi connectivity index (χ3n) is 6.04. The summed E-state index contributed by atoms with van der Waals surface area (Å²) >= 11 is 6.00. The molecule has 1 N–H and O–H groups in total. The highest BCUT2D eigenvalue weighted by Gasteiger charge is 2.67. The van der Waals surface area contributed by atoms with Crippen molar-refractivity contribution in [1.29, 1.82) is 0 Å². The lowest BCUT2D eigenvalue weighted by Gasteiger charge is -2.42. The van der Waals surface area contributed by atoms with E-state index in [0.29, 0.717) is 11.4 Å². The third-order valence-corrected chi connectivity index (χ3v) is 6.29. The van der Waals surface area contributed by atoms with E-state index in [9.17, 15) is 14.4 Å². The molecular formula is C20H20ClNO5. The Morgan fingerprint density at radius 2 is 2.00 bits per heavy atom. The van der Waals surface area contributed by atoms with Gasteiger partial charge in [0, 0.05) is 29.8 Å². The summed E-state index contributed by atoms with van der Waals surface area (Å²) < 4.78 is 10.8. The Hall–Kier alpha value is -2.18. The molecule has 4 rings (SSSR count). The number of hydrogen-bond donors (Lipinski definition) is 1. The Labute approximate surface area is 161 Å². The second kappa shape index (κ2) is 6.17. The van der Waals surface area contributed by atoms with E-state index in [4.69, 9.17) is 21.1 Å². The molecule has 6 nitrogen and oxygen atoms in total. The van der Waals surface area contributed by atoms with E-state index >= 15 is 0 Å². The van der Waals surface area contributed by atoms with Gasteiger partial charge in [0.2, 0.25) is 0 Å². The first-order valence-corrected chi connectivity index (χ1v) is 9.25. The Balaban J connectivity index is 1.86. The van der Waals surface area contributed by atoms with Crippen LogP contribution in [0.25, 0.3) is 0 Å². The number of ketones is 1. The van der Waals surface area contributed by atoms with E-state index < -0.39 is 35.0 Å². The van der Waals surface area contributed by atoms with Crippen LogP contribution in [0, 0.1) is 11.8 Å². The van der Waals surface area contributed by atoms with Crippen molar-refractivity contribution in [3.05, 3.63) is 47.0 Å². The fraction of sp³-hybridized carbons (Fsp3) is 0.450. The lowest BCUT2D eigenvalue weighted by molar-refractivity contribution is -0.162. The largest absolute Gasteiger partial charge is 0.468 e. The van der Waals surface area contributed by atoms with Gasteiger partial charge in [-0.2, -0.15) is 0 Å². The topological polar surface area (TPSA) is 81.7 Å². The summed E-state index contributed by atoms with van der Waals surface area (Å²) in [6.45, 7) is 1.72. The highest BCUT2D eigenvalue weighted by atomic mass is 35.5. The summed E-state index contributed by atoms with van der Waals surface area (Å²) in [6.07, 6.45) is 3.81. The molecule has 2 heterocycles. The van der Waals surface area contributed by atoms with Crippen molar-refractivity contribution < 1.29 is 23.9 Å². The number of ether oxygens (including phenoxy) is 2. The van der Waals surface area contributed by atoms with Crippen LogP contribution in [0.5, 0.6) is 0 Å². The van der Waals surface area contributed by atoms with Crippen LogP contribution in [0.1, 0.15) is 31.4 Å². The molecule has 1 spiro atoms. The molecule has 0 aromatic heterocycles. The molecule has 1 aromatic carbocycles. The van der Waals surface area contributed by atoms with Crippen molar-refractivity contribution in [2.75, 3.05) is 7.11 Å². The summed E-state index contributed by atoms with van der Waals surface area (Å²) in [5.74, 6) is -2.05. The SMILES string of the molecule is COC(=O)[C@]1(C)N[C@H](c2ccc(Cl)cc2)[C@@H]2C(=O)C=C[C@@]3(CCC(=O)O3)[C@@H]21. The van der Waals surface area contributed by atoms with E-state index in [1.165, 1.54) is 13.2 Å². The maximum absolute atomic E-state index is 12.9. The van der Waals surface area contributed by atoms with Gasteiger partial charge in [-0.05, 0) is 36.8 Å². The van der Waals surface area contributed by atoms with Crippen LogP contribution >= 0.6 is 11.6 Å². The van der Waals surface area contributed by atoms with Gasteiger partial charge >= 0.3 is 11.9 Å². The van der Waals surface area contributed by atoms with Gasteiger partial charge in [-0.1, -0.05) is 23.7 Å². The first-order chi connectivity index (χ1) is 12.8. The molecule has 2 aliphatic heterocycles. The summed E-state index contributed by atoms with van der Waals surface area (Å²) in [5, 5.41) is 3.91. The van der Waals surface area contributed by atoms with Gasteiger partial charge in [-0.15, -0.1) is 0 Å². The zero-order valence-electron chi connectivity index (χ0n) is 15.0. The third kappa shape index (κ3) is 2.62. The van der Waals surface area contributed by atoms with Crippen LogP contribution in [0.2, 0.25) is 5.02 Å². The fourth-order valence-electron chi connectivity index (χ4n) is 4.92. The second-order valence-corrected chi connectivity index (χ2v) is 7.97. The molecular weight excluding hydrogens is 370 g/mol. The lowest BCUT2D eigenvalue weighted by atomic mass is 9.63. The molecule has 5 atom stereocenters. The average Bonchev–Trinajstić information content (AvgIpc) is 3.18. The first kappa shape index (κ1) is 18.2. The fourth-order valence-corrected chi connectivity index (χ4v) is 5.05. The Morgan fingerprint density at radius 1 is 1.30 bits per heavy atom. The molecule has 0 amide bonds. The van der Waals surface area contributed by atoms with Crippen LogP contribution < -0.4 is 5.32 Å². The quantitative estimate of drug-likeness (QED) is 0.782. The Kier molecular flexibility index (Phi) is 4.16. The van der Waals surface area contributed by atoms with E-state index in [1.54, 1.807) is 25.1 Å². The van der Waals surface area contributed by atoms with Gasteiger partial charge < -0.3 is 9.47 Å². The molecule has 142 valence electrons. The van der Waals surface area contributed by atoms with Crippen molar-refractivity contribution >= 4 is 29.3 Å².